The van der Waals surface area contributed by atoms with Crippen LogP contribution in [-0.2, 0) is 4.79 Å². The highest BCUT2D eigenvalue weighted by atomic mass is 32.2. The summed E-state index contributed by atoms with van der Waals surface area (Å²) in [6.07, 6.45) is 1.33. The third kappa shape index (κ3) is 5.74. The highest BCUT2D eigenvalue weighted by Gasteiger charge is 2.17. The molecule has 0 radical (unpaired) electrons. The molecule has 0 aliphatic rings. The lowest BCUT2D eigenvalue weighted by molar-refractivity contribution is -0.385. The third-order valence-electron chi connectivity index (χ3n) is 3.40. The molecule has 1 heterocycles. The van der Waals surface area contributed by atoms with Crippen LogP contribution in [0.1, 0.15) is 23.9 Å². The van der Waals surface area contributed by atoms with Crippen LogP contribution in [0.3, 0.4) is 0 Å². The Morgan fingerprint density at radius 2 is 2.00 bits per heavy atom. The lowest BCUT2D eigenvalue weighted by atomic mass is 10.2. The molecular formula is C17H19N5O4S. The summed E-state index contributed by atoms with van der Waals surface area (Å²) in [6, 6.07) is 6.24. The van der Waals surface area contributed by atoms with E-state index in [9.17, 15) is 14.9 Å². The summed E-state index contributed by atoms with van der Waals surface area (Å²) >= 11 is 1.22. The van der Waals surface area contributed by atoms with E-state index in [2.05, 4.69) is 20.5 Å². The molecule has 0 saturated carbocycles. The van der Waals surface area contributed by atoms with Gasteiger partial charge in [0.05, 0.1) is 23.5 Å². The Morgan fingerprint density at radius 1 is 1.33 bits per heavy atom. The zero-order valence-electron chi connectivity index (χ0n) is 15.3. The number of hydrogen-bond acceptors (Lipinski definition) is 8. The minimum atomic E-state index is -0.544. The summed E-state index contributed by atoms with van der Waals surface area (Å²) in [5.74, 6) is -0.179. The average Bonchev–Trinajstić information content (AvgIpc) is 2.60. The first-order valence-electron chi connectivity index (χ1n) is 7.94. The van der Waals surface area contributed by atoms with Gasteiger partial charge < -0.3 is 4.74 Å². The monoisotopic (exact) mass is 389 g/mol. The van der Waals surface area contributed by atoms with Crippen LogP contribution in [0.4, 0.5) is 5.69 Å². The number of nitro groups is 1. The zero-order chi connectivity index (χ0) is 20.0. The first-order valence-corrected chi connectivity index (χ1v) is 8.82. The normalized spacial score (nSPS) is 12.0. The van der Waals surface area contributed by atoms with Gasteiger partial charge in [0.1, 0.15) is 0 Å². The number of nitrogens with zero attached hydrogens (tertiary/aromatic N) is 4. The molecule has 1 aromatic heterocycles. The standard InChI is InChI=1S/C17H19N5O4S/c1-10-7-11(2)20-17(19-10)27-12(3)16(23)21-18-9-13-5-6-15(26-4)14(8-13)22(24)25/h5-9,12H,1-4H3,(H,21,23)/b18-9-/t12-/m1/s1. The van der Waals surface area contributed by atoms with Crippen LogP contribution >= 0.6 is 11.8 Å². The number of thioether (sulfide) groups is 1. The largest absolute Gasteiger partial charge is 0.490 e. The van der Waals surface area contributed by atoms with Gasteiger partial charge in [-0.2, -0.15) is 5.10 Å². The van der Waals surface area contributed by atoms with E-state index in [4.69, 9.17) is 4.74 Å². The lowest BCUT2D eigenvalue weighted by Gasteiger charge is -2.09. The van der Waals surface area contributed by atoms with Gasteiger partial charge in [-0.3, -0.25) is 14.9 Å². The maximum Gasteiger partial charge on any atom is 0.311 e. The number of nitro benzene ring substituents is 1. The number of rotatable bonds is 7. The molecule has 0 aliphatic carbocycles. The summed E-state index contributed by atoms with van der Waals surface area (Å²) < 4.78 is 4.94. The van der Waals surface area contributed by atoms with Crippen molar-refractivity contribution >= 4 is 29.6 Å². The minimum absolute atomic E-state index is 0.152. The number of aromatic nitrogens is 2. The number of carbonyl (C=O) groups is 1. The van der Waals surface area contributed by atoms with Crippen molar-refractivity contribution in [3.63, 3.8) is 0 Å². The van der Waals surface area contributed by atoms with Crippen LogP contribution in [0.5, 0.6) is 5.75 Å². The molecular weight excluding hydrogens is 370 g/mol. The zero-order valence-corrected chi connectivity index (χ0v) is 16.1. The third-order valence-corrected chi connectivity index (χ3v) is 4.36. The second kappa shape index (κ2) is 9.08. The van der Waals surface area contributed by atoms with Crippen molar-refractivity contribution in [2.24, 2.45) is 5.10 Å². The number of aryl methyl sites for hydroxylation is 2. The number of nitrogens with one attached hydrogen (secondary N) is 1. The molecule has 1 amide bonds. The van der Waals surface area contributed by atoms with Gasteiger partial charge in [0.15, 0.2) is 10.9 Å². The van der Waals surface area contributed by atoms with Crippen molar-refractivity contribution in [3.05, 3.63) is 51.3 Å². The van der Waals surface area contributed by atoms with E-state index in [0.717, 1.165) is 11.4 Å². The quantitative estimate of drug-likeness (QED) is 0.254. The molecule has 0 aliphatic heterocycles. The van der Waals surface area contributed by atoms with E-state index in [1.807, 2.05) is 19.9 Å². The molecule has 0 fully saturated rings. The van der Waals surface area contributed by atoms with Gasteiger partial charge in [-0.1, -0.05) is 11.8 Å². The molecule has 27 heavy (non-hydrogen) atoms. The number of hydrogen-bond donors (Lipinski definition) is 1. The first-order chi connectivity index (χ1) is 12.8. The number of hydrazone groups is 1. The van der Waals surface area contributed by atoms with Gasteiger partial charge in [-0.15, -0.1) is 0 Å². The van der Waals surface area contributed by atoms with Crippen LogP contribution in [-0.4, -0.2) is 39.4 Å². The Balaban J connectivity index is 1.99. The van der Waals surface area contributed by atoms with Crippen molar-refractivity contribution in [2.75, 3.05) is 7.11 Å². The molecule has 0 saturated heterocycles. The van der Waals surface area contributed by atoms with Crippen LogP contribution in [0.15, 0.2) is 34.5 Å². The van der Waals surface area contributed by atoms with E-state index >= 15 is 0 Å². The number of methoxy groups -OCH3 is 1. The Morgan fingerprint density at radius 3 is 2.59 bits per heavy atom. The predicted molar refractivity (Wildman–Crippen MR) is 102 cm³/mol. The first kappa shape index (κ1) is 20.3. The molecule has 0 unspecified atom stereocenters. The van der Waals surface area contributed by atoms with Gasteiger partial charge >= 0.3 is 5.69 Å². The number of benzene rings is 1. The fourth-order valence-electron chi connectivity index (χ4n) is 2.15. The fourth-order valence-corrected chi connectivity index (χ4v) is 3.02. The molecule has 10 heteroatoms. The van der Waals surface area contributed by atoms with Gasteiger partial charge in [-0.25, -0.2) is 15.4 Å². The molecule has 2 rings (SSSR count). The van der Waals surface area contributed by atoms with Gasteiger partial charge in [0, 0.05) is 23.0 Å². The van der Waals surface area contributed by atoms with E-state index in [1.54, 1.807) is 13.0 Å². The Kier molecular flexibility index (Phi) is 6.83. The molecule has 0 spiro atoms. The van der Waals surface area contributed by atoms with Crippen LogP contribution < -0.4 is 10.2 Å². The highest BCUT2D eigenvalue weighted by Crippen LogP contribution is 2.26. The summed E-state index contributed by atoms with van der Waals surface area (Å²) in [4.78, 5) is 31.2. The van der Waals surface area contributed by atoms with Gasteiger partial charge in [0.25, 0.3) is 5.91 Å². The van der Waals surface area contributed by atoms with E-state index < -0.39 is 10.2 Å². The number of ether oxygens (including phenoxy) is 1. The molecule has 9 nitrogen and oxygen atoms in total. The summed E-state index contributed by atoms with van der Waals surface area (Å²) in [5, 5.41) is 14.9. The van der Waals surface area contributed by atoms with Gasteiger partial charge in [0.2, 0.25) is 0 Å². The smallest absolute Gasteiger partial charge is 0.311 e. The molecule has 1 aromatic carbocycles. The van der Waals surface area contributed by atoms with E-state index in [0.29, 0.717) is 10.7 Å². The van der Waals surface area contributed by atoms with Crippen molar-refractivity contribution < 1.29 is 14.5 Å². The SMILES string of the molecule is COc1ccc(/C=N\NC(=O)[C@@H](C)Sc2nc(C)cc(C)n2)cc1[N+](=O)[O-]. The molecule has 1 atom stereocenters. The van der Waals surface area contributed by atoms with Crippen LogP contribution in [0.2, 0.25) is 0 Å². The number of carbonyl (C=O) groups excluding carboxylic acids is 1. The minimum Gasteiger partial charge on any atom is -0.490 e. The van der Waals surface area contributed by atoms with Crippen LogP contribution in [0, 0.1) is 24.0 Å². The highest BCUT2D eigenvalue weighted by molar-refractivity contribution is 8.00. The molecule has 1 N–H and O–H groups in total. The summed E-state index contributed by atoms with van der Waals surface area (Å²) in [7, 11) is 1.36. The topological polar surface area (TPSA) is 120 Å². The maximum atomic E-state index is 12.2. The maximum absolute atomic E-state index is 12.2. The molecule has 0 bridgehead atoms. The fraction of sp³-hybridized carbons (Fsp3) is 0.294. The Hall–Kier alpha value is -3.01. The Bertz CT molecular complexity index is 867. The molecule has 2 aromatic rings. The Labute approximate surface area is 160 Å². The van der Waals surface area contributed by atoms with Crippen molar-refractivity contribution in [1.29, 1.82) is 0 Å². The van der Waals surface area contributed by atoms with Crippen molar-refractivity contribution in [3.8, 4) is 5.75 Å². The second-order valence-electron chi connectivity index (χ2n) is 5.62. The summed E-state index contributed by atoms with van der Waals surface area (Å²) in [6.45, 7) is 5.44. The van der Waals surface area contributed by atoms with Gasteiger partial charge in [-0.05, 0) is 39.0 Å². The van der Waals surface area contributed by atoms with Crippen molar-refractivity contribution in [1.82, 2.24) is 15.4 Å². The predicted octanol–water partition coefficient (Wildman–Crippen LogP) is 2.64. The van der Waals surface area contributed by atoms with E-state index in [-0.39, 0.29) is 17.3 Å². The van der Waals surface area contributed by atoms with E-state index in [1.165, 1.54) is 37.2 Å². The second-order valence-corrected chi connectivity index (χ2v) is 6.92. The lowest BCUT2D eigenvalue weighted by Crippen LogP contribution is -2.27. The number of amides is 1. The van der Waals surface area contributed by atoms with Crippen molar-refractivity contribution in [2.45, 2.75) is 31.2 Å². The summed E-state index contributed by atoms with van der Waals surface area (Å²) in [5.41, 5.74) is 4.35. The van der Waals surface area contributed by atoms with Crippen LogP contribution in [0.25, 0.3) is 0 Å². The molecule has 142 valence electrons. The average molecular weight is 389 g/mol.